The van der Waals surface area contributed by atoms with Crippen LogP contribution in [0.5, 0.6) is 11.5 Å². The molecule has 3 N–H and O–H groups in total. The van der Waals surface area contributed by atoms with Crippen LogP contribution in [0, 0.1) is 0 Å². The van der Waals surface area contributed by atoms with Gasteiger partial charge < -0.3 is 24.8 Å². The maximum absolute atomic E-state index is 10.5. The number of aliphatic hydroxyl groups is 1. The van der Waals surface area contributed by atoms with E-state index in [1.165, 1.54) is 24.1 Å². The van der Waals surface area contributed by atoms with Gasteiger partial charge in [0.1, 0.15) is 19.3 Å². The molecule has 1 aliphatic rings. The number of hydrogen-bond donors (Lipinski definition) is 3. The first-order valence-electron chi connectivity index (χ1n) is 11.2. The number of carbonyl (C=O) groups is 2. The van der Waals surface area contributed by atoms with Crippen LogP contribution in [-0.2, 0) is 16.2 Å². The van der Waals surface area contributed by atoms with Crippen molar-refractivity contribution in [2.75, 3.05) is 13.2 Å². The molecule has 1 aromatic heterocycles. The van der Waals surface area contributed by atoms with Gasteiger partial charge in [-0.25, -0.2) is 9.59 Å². The molecular formula is C25H33NO7S. The zero-order chi connectivity index (χ0) is 24.9. The second-order valence-electron chi connectivity index (χ2n) is 8.12. The zero-order valence-electron chi connectivity index (χ0n) is 19.5. The molecule has 0 amide bonds. The van der Waals surface area contributed by atoms with E-state index in [2.05, 4.69) is 24.8 Å². The number of β-amino-alcohol motifs (C(OH)–C–C–N with tert-alkyl or cyclic N) is 1. The summed E-state index contributed by atoms with van der Waals surface area (Å²) in [4.78, 5) is 22.7. The van der Waals surface area contributed by atoms with Crippen molar-refractivity contribution in [1.29, 1.82) is 0 Å². The molecule has 1 aromatic carbocycles. The summed E-state index contributed by atoms with van der Waals surface area (Å²) in [6.45, 7) is 5.95. The third kappa shape index (κ3) is 9.94. The van der Waals surface area contributed by atoms with Crippen LogP contribution in [0.3, 0.4) is 0 Å². The number of thiophene rings is 1. The van der Waals surface area contributed by atoms with Crippen LogP contribution in [-0.4, -0.2) is 63.5 Å². The summed E-state index contributed by atoms with van der Waals surface area (Å²) >= 11 is 1.67. The Bertz CT molecular complexity index is 890. The second-order valence-corrected chi connectivity index (χ2v) is 9.15. The molecule has 0 saturated carbocycles. The van der Waals surface area contributed by atoms with E-state index in [4.69, 9.17) is 19.7 Å². The molecule has 3 rings (SSSR count). The number of benzene rings is 1. The van der Waals surface area contributed by atoms with Crippen molar-refractivity contribution in [3.63, 3.8) is 0 Å². The van der Waals surface area contributed by atoms with E-state index in [0.29, 0.717) is 48.9 Å². The topological polar surface area (TPSA) is 117 Å². The van der Waals surface area contributed by atoms with Gasteiger partial charge in [-0.2, -0.15) is 0 Å². The largest absolute Gasteiger partial charge is 0.487 e. The first kappa shape index (κ1) is 27.4. The summed E-state index contributed by atoms with van der Waals surface area (Å²) in [6, 6.07) is 12.8. The lowest BCUT2D eigenvalue weighted by molar-refractivity contribution is -0.134. The third-order valence-corrected chi connectivity index (χ3v) is 6.25. The fraction of sp³-hybridized carbons (Fsp3) is 0.440. The van der Waals surface area contributed by atoms with Gasteiger partial charge >= 0.3 is 11.9 Å². The molecule has 2 aromatic rings. The Morgan fingerprint density at radius 1 is 1.03 bits per heavy atom. The van der Waals surface area contributed by atoms with Gasteiger partial charge in [-0.05, 0) is 50.3 Å². The van der Waals surface area contributed by atoms with Crippen LogP contribution in [0.4, 0.5) is 0 Å². The van der Waals surface area contributed by atoms with Crippen molar-refractivity contribution >= 4 is 23.3 Å². The molecule has 1 fully saturated rings. The van der Waals surface area contributed by atoms with Crippen LogP contribution in [0.1, 0.15) is 38.0 Å². The molecule has 0 aliphatic carbocycles. The Hall–Kier alpha value is -2.88. The summed E-state index contributed by atoms with van der Waals surface area (Å²) in [5, 5.41) is 28.1. The first-order chi connectivity index (χ1) is 16.3. The number of piperidine rings is 1. The van der Waals surface area contributed by atoms with Gasteiger partial charge in [0.25, 0.3) is 0 Å². The number of ether oxygens (including phenoxy) is 2. The van der Waals surface area contributed by atoms with Gasteiger partial charge in [0.2, 0.25) is 0 Å². The smallest absolute Gasteiger partial charge is 0.328 e. The fourth-order valence-corrected chi connectivity index (χ4v) is 4.31. The predicted octanol–water partition coefficient (Wildman–Crippen LogP) is 4.04. The first-order valence-corrected chi connectivity index (χ1v) is 12.1. The molecule has 186 valence electrons. The van der Waals surface area contributed by atoms with E-state index in [1.807, 2.05) is 35.7 Å². The number of rotatable bonds is 10. The summed E-state index contributed by atoms with van der Waals surface area (Å²) in [5.41, 5.74) is 0. The molecule has 0 bridgehead atoms. The van der Waals surface area contributed by atoms with Gasteiger partial charge in [0.05, 0.1) is 0 Å². The van der Waals surface area contributed by atoms with Crippen molar-refractivity contribution in [1.82, 2.24) is 4.90 Å². The Morgan fingerprint density at radius 2 is 1.62 bits per heavy atom. The minimum absolute atomic E-state index is 0.273. The maximum atomic E-state index is 10.5. The Morgan fingerprint density at radius 3 is 2.15 bits per heavy atom. The Balaban J connectivity index is 0.000000440. The molecule has 0 spiro atoms. The highest BCUT2D eigenvalue weighted by Gasteiger charge is 2.26. The molecule has 9 heteroatoms. The highest BCUT2D eigenvalue weighted by Crippen LogP contribution is 2.28. The minimum Gasteiger partial charge on any atom is -0.487 e. The quantitative estimate of drug-likeness (QED) is 0.427. The number of likely N-dealkylation sites (tertiary alicyclic amines) is 1. The van der Waals surface area contributed by atoms with Crippen molar-refractivity contribution in [3.05, 3.63) is 58.8 Å². The standard InChI is InChI=1S/C21H29NO3S.C4H4O4/c1-16-7-5-8-17(2)22(16)13-18(23)14-24-20-10-3-4-11-21(20)25-15-19-9-6-12-26-19;5-3(6)1-2-4(7)8/h3-4,6,9-12,16-18,23H,5,7-8,13-15H2,1-2H3;1-2H,(H,5,6)(H,7,8). The Kier molecular flexibility index (Phi) is 11.6. The molecule has 8 nitrogen and oxygen atoms in total. The van der Waals surface area contributed by atoms with E-state index >= 15 is 0 Å². The van der Waals surface area contributed by atoms with Gasteiger partial charge in [-0.1, -0.05) is 24.6 Å². The lowest BCUT2D eigenvalue weighted by Crippen LogP contribution is -2.48. The van der Waals surface area contributed by atoms with Crippen molar-refractivity contribution in [2.24, 2.45) is 0 Å². The lowest BCUT2D eigenvalue weighted by atomic mass is 9.97. The van der Waals surface area contributed by atoms with Gasteiger partial charge in [-0.3, -0.25) is 4.90 Å². The van der Waals surface area contributed by atoms with E-state index in [1.54, 1.807) is 11.3 Å². The van der Waals surface area contributed by atoms with E-state index in [-0.39, 0.29) is 6.61 Å². The van der Waals surface area contributed by atoms with Crippen molar-refractivity contribution in [3.8, 4) is 11.5 Å². The minimum atomic E-state index is -1.26. The molecule has 0 radical (unpaired) electrons. The number of hydrogen-bond acceptors (Lipinski definition) is 7. The van der Waals surface area contributed by atoms with Crippen LogP contribution in [0.25, 0.3) is 0 Å². The van der Waals surface area contributed by atoms with Crippen LogP contribution < -0.4 is 9.47 Å². The van der Waals surface area contributed by atoms with Crippen molar-refractivity contribution < 1.29 is 34.4 Å². The summed E-state index contributed by atoms with van der Waals surface area (Å²) in [7, 11) is 0. The fourth-order valence-electron chi connectivity index (χ4n) is 3.69. The lowest BCUT2D eigenvalue weighted by Gasteiger charge is -2.40. The maximum Gasteiger partial charge on any atom is 0.328 e. The van der Waals surface area contributed by atoms with Gasteiger partial charge in [-0.15, -0.1) is 11.3 Å². The van der Waals surface area contributed by atoms with Crippen molar-refractivity contribution in [2.45, 2.75) is 57.9 Å². The zero-order valence-corrected chi connectivity index (χ0v) is 20.3. The number of nitrogens with zero attached hydrogens (tertiary/aromatic N) is 1. The van der Waals surface area contributed by atoms with Crippen LogP contribution in [0.2, 0.25) is 0 Å². The Labute approximate surface area is 204 Å². The normalized spacial score (nSPS) is 19.1. The molecule has 3 unspecified atom stereocenters. The second kappa shape index (κ2) is 14.4. The predicted molar refractivity (Wildman–Crippen MR) is 130 cm³/mol. The monoisotopic (exact) mass is 491 g/mol. The number of carboxylic acid groups (broad SMARTS) is 2. The number of aliphatic hydroxyl groups excluding tert-OH is 1. The van der Waals surface area contributed by atoms with Gasteiger partial charge in [0, 0.05) is 35.7 Å². The molecule has 1 aliphatic heterocycles. The molecular weight excluding hydrogens is 458 g/mol. The summed E-state index contributed by atoms with van der Waals surface area (Å²) in [6.07, 6.45) is 4.29. The highest BCUT2D eigenvalue weighted by atomic mass is 32.1. The SMILES string of the molecule is CC1CCCC(C)N1CC(O)COc1ccccc1OCc1cccs1.O=C(O)C=CC(=O)O. The number of carboxylic acids is 2. The van der Waals surface area contributed by atoms with Crippen LogP contribution in [0.15, 0.2) is 53.9 Å². The summed E-state index contributed by atoms with van der Waals surface area (Å²) in [5.74, 6) is -1.12. The number of aliphatic carboxylic acids is 2. The molecule has 2 heterocycles. The van der Waals surface area contributed by atoms with E-state index in [9.17, 15) is 14.7 Å². The third-order valence-electron chi connectivity index (χ3n) is 5.40. The molecule has 3 atom stereocenters. The van der Waals surface area contributed by atoms with E-state index < -0.39 is 18.0 Å². The summed E-state index contributed by atoms with van der Waals surface area (Å²) < 4.78 is 11.8. The van der Waals surface area contributed by atoms with Crippen LogP contribution >= 0.6 is 11.3 Å². The highest BCUT2D eigenvalue weighted by molar-refractivity contribution is 7.09. The van der Waals surface area contributed by atoms with E-state index in [0.717, 1.165) is 0 Å². The number of para-hydroxylation sites is 2. The van der Waals surface area contributed by atoms with Gasteiger partial charge in [0.15, 0.2) is 11.5 Å². The average Bonchev–Trinajstić information content (AvgIpc) is 3.32. The average molecular weight is 492 g/mol. The molecule has 34 heavy (non-hydrogen) atoms. The molecule has 1 saturated heterocycles.